The maximum Gasteiger partial charge on any atom is 0.0420 e. The van der Waals surface area contributed by atoms with E-state index < -0.39 is 0 Å². The largest absolute Gasteiger partial charge is 0.385 e. The van der Waals surface area contributed by atoms with Gasteiger partial charge in [-0.15, -0.1) is 0 Å². The fourth-order valence-corrected chi connectivity index (χ4v) is 5.20. The lowest BCUT2D eigenvalue weighted by molar-refractivity contribution is 0.386. The van der Waals surface area contributed by atoms with Crippen molar-refractivity contribution in [3.8, 4) is 0 Å². The molecule has 1 aromatic heterocycles. The van der Waals surface area contributed by atoms with Gasteiger partial charge < -0.3 is 20.4 Å². The van der Waals surface area contributed by atoms with E-state index in [-0.39, 0.29) is 0 Å². The molecule has 2 aromatic carbocycles. The number of anilines is 2. The molecule has 0 amide bonds. The highest BCUT2D eigenvalue weighted by Crippen LogP contribution is 2.24. The molecule has 0 radical (unpaired) electrons. The second-order valence-electron chi connectivity index (χ2n) is 11.1. The molecule has 3 aromatic rings. The van der Waals surface area contributed by atoms with Crippen molar-refractivity contribution in [3.05, 3.63) is 115 Å². The number of likely N-dealkylation sites (tertiary alicyclic amines) is 1. The summed E-state index contributed by atoms with van der Waals surface area (Å²) in [6.45, 7) is 26.7. The van der Waals surface area contributed by atoms with E-state index in [1.54, 1.807) is 6.20 Å². The summed E-state index contributed by atoms with van der Waals surface area (Å²) in [4.78, 5) is 9.03. The number of aryl methyl sites for hydroxylation is 2. The van der Waals surface area contributed by atoms with Crippen LogP contribution in [0.1, 0.15) is 68.2 Å². The number of benzene rings is 2. The van der Waals surface area contributed by atoms with E-state index in [0.717, 1.165) is 66.2 Å². The third-order valence-electron chi connectivity index (χ3n) is 7.61. The smallest absolute Gasteiger partial charge is 0.0420 e. The molecular formula is C37H51N5. The number of para-hydroxylation sites is 1. The predicted octanol–water partition coefficient (Wildman–Crippen LogP) is 8.65. The summed E-state index contributed by atoms with van der Waals surface area (Å²) in [5.74, 6) is 0. The van der Waals surface area contributed by atoms with E-state index in [4.69, 9.17) is 0 Å². The molecule has 5 heteroatoms. The van der Waals surface area contributed by atoms with Crippen molar-refractivity contribution in [2.75, 3.05) is 42.9 Å². The number of allylic oxidation sites excluding steroid dienone is 1. The summed E-state index contributed by atoms with van der Waals surface area (Å²) in [7, 11) is 0. The highest BCUT2D eigenvalue weighted by molar-refractivity contribution is 5.78. The quantitative estimate of drug-likeness (QED) is 0.192. The lowest BCUT2D eigenvalue weighted by atomic mass is 10.1. The second-order valence-corrected chi connectivity index (χ2v) is 11.1. The van der Waals surface area contributed by atoms with Crippen LogP contribution in [0.2, 0.25) is 0 Å². The molecule has 1 saturated heterocycles. The summed E-state index contributed by atoms with van der Waals surface area (Å²) < 4.78 is 0. The molecule has 1 fully saturated rings. The lowest BCUT2D eigenvalue weighted by Crippen LogP contribution is -2.25. The van der Waals surface area contributed by atoms with Crippen molar-refractivity contribution in [1.29, 1.82) is 0 Å². The maximum absolute atomic E-state index is 4.21. The summed E-state index contributed by atoms with van der Waals surface area (Å²) in [6, 6.07) is 18.9. The van der Waals surface area contributed by atoms with Gasteiger partial charge in [0.1, 0.15) is 0 Å². The third kappa shape index (κ3) is 9.83. The molecule has 2 heterocycles. The Bertz CT molecular complexity index is 1290. The van der Waals surface area contributed by atoms with Gasteiger partial charge in [0.05, 0.1) is 0 Å². The molecule has 5 nitrogen and oxygen atoms in total. The van der Waals surface area contributed by atoms with Crippen molar-refractivity contribution in [3.63, 3.8) is 0 Å². The first kappa shape index (κ1) is 32.5. The van der Waals surface area contributed by atoms with E-state index in [1.807, 2.05) is 18.3 Å². The number of nitrogens with zero attached hydrogens (tertiary/aromatic N) is 3. The Morgan fingerprint density at radius 3 is 2.33 bits per heavy atom. The number of rotatable bonds is 14. The minimum atomic E-state index is 0.831. The Labute approximate surface area is 255 Å². The molecule has 2 N–H and O–H groups in total. The van der Waals surface area contributed by atoms with Gasteiger partial charge in [0, 0.05) is 79.1 Å². The van der Waals surface area contributed by atoms with Crippen molar-refractivity contribution < 1.29 is 0 Å². The molecule has 42 heavy (non-hydrogen) atoms. The summed E-state index contributed by atoms with van der Waals surface area (Å²) in [5, 5.41) is 6.87. The SMILES string of the molecule is C=C(NCCCN1CCCC1=C)c1ccc(C)c(NC(=C)c2cccnc2)c1.CCCN(CCC)c1ccccc1C. The van der Waals surface area contributed by atoms with Crippen LogP contribution in [0.5, 0.6) is 0 Å². The molecule has 0 aliphatic carbocycles. The molecule has 4 rings (SSSR count). The zero-order valence-electron chi connectivity index (χ0n) is 26.4. The topological polar surface area (TPSA) is 43.4 Å². The molecule has 0 unspecified atom stereocenters. The first-order valence-electron chi connectivity index (χ1n) is 15.5. The van der Waals surface area contributed by atoms with Gasteiger partial charge in [-0.2, -0.15) is 0 Å². The summed E-state index contributed by atoms with van der Waals surface area (Å²) >= 11 is 0. The Hall–Kier alpha value is -3.99. The predicted molar refractivity (Wildman–Crippen MR) is 184 cm³/mol. The Balaban J connectivity index is 0.000000291. The lowest BCUT2D eigenvalue weighted by Gasteiger charge is -2.25. The van der Waals surface area contributed by atoms with Crippen LogP contribution >= 0.6 is 0 Å². The van der Waals surface area contributed by atoms with E-state index >= 15 is 0 Å². The second kappa shape index (κ2) is 17.1. The Kier molecular flexibility index (Phi) is 13.2. The minimum Gasteiger partial charge on any atom is -0.385 e. The van der Waals surface area contributed by atoms with Gasteiger partial charge in [-0.1, -0.05) is 63.9 Å². The van der Waals surface area contributed by atoms with E-state index in [9.17, 15) is 0 Å². The summed E-state index contributed by atoms with van der Waals surface area (Å²) in [5.41, 5.74) is 10.1. The van der Waals surface area contributed by atoms with Gasteiger partial charge in [0.2, 0.25) is 0 Å². The van der Waals surface area contributed by atoms with Crippen LogP contribution in [0, 0.1) is 13.8 Å². The maximum atomic E-state index is 4.21. The molecule has 0 atom stereocenters. The molecule has 1 aliphatic heterocycles. The number of hydrogen-bond acceptors (Lipinski definition) is 5. The third-order valence-corrected chi connectivity index (χ3v) is 7.61. The number of hydrogen-bond donors (Lipinski definition) is 2. The number of nitrogens with one attached hydrogen (secondary N) is 2. The Morgan fingerprint density at radius 1 is 0.929 bits per heavy atom. The van der Waals surface area contributed by atoms with Gasteiger partial charge >= 0.3 is 0 Å². The zero-order chi connectivity index (χ0) is 30.3. The normalized spacial score (nSPS) is 12.4. The van der Waals surface area contributed by atoms with Crippen LogP contribution < -0.4 is 15.5 Å². The van der Waals surface area contributed by atoms with Crippen LogP contribution in [0.3, 0.4) is 0 Å². The highest BCUT2D eigenvalue weighted by atomic mass is 15.1. The monoisotopic (exact) mass is 565 g/mol. The zero-order valence-corrected chi connectivity index (χ0v) is 26.4. The standard InChI is InChI=1S/C24H30N4.C13H21N/c1-18-10-11-22(16-24(18)27-21(4)23-9-5-12-25-17-23)20(3)26-13-7-15-28-14-6-8-19(28)2;1-4-10-14(11-5-2)13-9-7-6-8-12(13)3/h5,9-12,16-17,26-27H,2-4,6-8,13-15H2,1H3;6-9H,4-5,10-11H2,1-3H3. The van der Waals surface area contributed by atoms with Gasteiger partial charge in [0.15, 0.2) is 0 Å². The van der Waals surface area contributed by atoms with Gasteiger partial charge in [0.25, 0.3) is 0 Å². The van der Waals surface area contributed by atoms with Crippen LogP contribution in [-0.2, 0) is 0 Å². The van der Waals surface area contributed by atoms with Crippen LogP contribution in [-0.4, -0.2) is 42.6 Å². The van der Waals surface area contributed by atoms with E-state index in [2.05, 4.69) is 115 Å². The first-order valence-corrected chi connectivity index (χ1v) is 15.5. The van der Waals surface area contributed by atoms with Gasteiger partial charge in [-0.3, -0.25) is 4.98 Å². The molecule has 0 bridgehead atoms. The Morgan fingerprint density at radius 2 is 1.69 bits per heavy atom. The van der Waals surface area contributed by atoms with Crippen LogP contribution in [0.4, 0.5) is 11.4 Å². The number of pyridine rings is 1. The van der Waals surface area contributed by atoms with Gasteiger partial charge in [-0.25, -0.2) is 0 Å². The van der Waals surface area contributed by atoms with Crippen LogP contribution in [0.25, 0.3) is 11.4 Å². The molecular weight excluding hydrogens is 514 g/mol. The van der Waals surface area contributed by atoms with Crippen molar-refractivity contribution in [1.82, 2.24) is 15.2 Å². The molecule has 0 saturated carbocycles. The molecule has 1 aliphatic rings. The van der Waals surface area contributed by atoms with Crippen molar-refractivity contribution in [2.45, 2.75) is 59.8 Å². The van der Waals surface area contributed by atoms with Gasteiger partial charge in [-0.05, 0) is 86.9 Å². The first-order chi connectivity index (χ1) is 20.3. The minimum absolute atomic E-state index is 0.831. The van der Waals surface area contributed by atoms with Crippen LogP contribution in [0.15, 0.2) is 92.4 Å². The van der Waals surface area contributed by atoms with E-state index in [0.29, 0.717) is 0 Å². The van der Waals surface area contributed by atoms with Crippen molar-refractivity contribution in [2.24, 2.45) is 0 Å². The average Bonchev–Trinajstić information content (AvgIpc) is 3.41. The van der Waals surface area contributed by atoms with Crippen molar-refractivity contribution >= 4 is 22.8 Å². The molecule has 0 spiro atoms. The fraction of sp³-hybridized carbons (Fsp3) is 0.378. The summed E-state index contributed by atoms with van der Waals surface area (Å²) in [6.07, 6.45) is 9.46. The molecule has 224 valence electrons. The highest BCUT2D eigenvalue weighted by Gasteiger charge is 2.14. The number of aromatic nitrogens is 1. The van der Waals surface area contributed by atoms with E-state index in [1.165, 1.54) is 49.3 Å². The fourth-order valence-electron chi connectivity index (χ4n) is 5.20. The average molecular weight is 566 g/mol.